The topological polar surface area (TPSA) is 108 Å². The molecule has 0 saturated heterocycles. The monoisotopic (exact) mass is 559 g/mol. The summed E-state index contributed by atoms with van der Waals surface area (Å²) in [5, 5.41) is 16.3. The number of ether oxygens (including phenoxy) is 1. The third kappa shape index (κ3) is 10.3. The van der Waals surface area contributed by atoms with Gasteiger partial charge < -0.3 is 25.4 Å². The molecule has 226 valence electrons. The van der Waals surface area contributed by atoms with Crippen molar-refractivity contribution in [2.24, 2.45) is 5.92 Å². The normalized spacial score (nSPS) is 16.5. The van der Waals surface area contributed by atoms with Crippen LogP contribution in [-0.4, -0.2) is 52.1 Å². The molecule has 1 saturated carbocycles. The Balaban J connectivity index is 2.52. The van der Waals surface area contributed by atoms with E-state index in [-0.39, 0.29) is 29.5 Å². The van der Waals surface area contributed by atoms with E-state index in [0.29, 0.717) is 24.1 Å². The molecule has 3 unspecified atom stereocenters. The van der Waals surface area contributed by atoms with Crippen LogP contribution in [0.1, 0.15) is 123 Å². The molecule has 1 aliphatic carbocycles. The van der Waals surface area contributed by atoms with Gasteiger partial charge in [-0.1, -0.05) is 71.8 Å². The van der Waals surface area contributed by atoms with E-state index in [4.69, 9.17) is 4.74 Å². The number of hydrogen-bond donors (Lipinski definition) is 3. The molecule has 40 heavy (non-hydrogen) atoms. The third-order valence-electron chi connectivity index (χ3n) is 7.74. The Labute approximate surface area is 241 Å². The summed E-state index contributed by atoms with van der Waals surface area (Å²) < 4.78 is 5.50. The molecule has 3 amide bonds. The fourth-order valence-electron chi connectivity index (χ4n) is 5.22. The van der Waals surface area contributed by atoms with Crippen molar-refractivity contribution in [1.82, 2.24) is 15.5 Å². The lowest BCUT2D eigenvalue weighted by molar-refractivity contribution is -0.144. The summed E-state index contributed by atoms with van der Waals surface area (Å²) in [4.78, 5) is 42.9. The molecule has 0 radical (unpaired) electrons. The van der Waals surface area contributed by atoms with Crippen molar-refractivity contribution in [2.45, 2.75) is 136 Å². The average molecular weight is 560 g/mol. The summed E-state index contributed by atoms with van der Waals surface area (Å²) in [5.41, 5.74) is 0.572. The highest BCUT2D eigenvalue weighted by Gasteiger charge is 2.38. The summed E-state index contributed by atoms with van der Waals surface area (Å²) >= 11 is 0. The summed E-state index contributed by atoms with van der Waals surface area (Å²) in [6.45, 7) is 13.6. The second kappa shape index (κ2) is 15.9. The van der Waals surface area contributed by atoms with E-state index in [1.807, 2.05) is 13.8 Å². The minimum Gasteiger partial charge on any atom is -0.508 e. The number of phenolic OH excluding ortho intramolecular Hbond substituents is 1. The van der Waals surface area contributed by atoms with Gasteiger partial charge in [0.05, 0.1) is 0 Å². The van der Waals surface area contributed by atoms with Crippen molar-refractivity contribution in [3.8, 4) is 5.75 Å². The highest BCUT2D eigenvalue weighted by molar-refractivity contribution is 5.92. The Morgan fingerprint density at radius 1 is 1.07 bits per heavy atom. The van der Waals surface area contributed by atoms with Crippen LogP contribution in [0.25, 0.3) is 0 Å². The molecule has 3 N–H and O–H groups in total. The number of nitrogens with one attached hydrogen (secondary N) is 2. The minimum atomic E-state index is -0.887. The van der Waals surface area contributed by atoms with Gasteiger partial charge >= 0.3 is 6.09 Å². The predicted molar refractivity (Wildman–Crippen MR) is 159 cm³/mol. The van der Waals surface area contributed by atoms with E-state index < -0.39 is 23.8 Å². The average Bonchev–Trinajstić information content (AvgIpc) is 2.89. The fraction of sp³-hybridized carbons (Fsp3) is 0.719. The Morgan fingerprint density at radius 3 is 2.33 bits per heavy atom. The van der Waals surface area contributed by atoms with Gasteiger partial charge in [0.2, 0.25) is 11.8 Å². The van der Waals surface area contributed by atoms with Gasteiger partial charge in [0.25, 0.3) is 0 Å². The van der Waals surface area contributed by atoms with Crippen molar-refractivity contribution in [3.05, 3.63) is 29.3 Å². The number of benzene rings is 1. The molecule has 3 atom stereocenters. The number of amides is 3. The number of phenols is 1. The van der Waals surface area contributed by atoms with Crippen LogP contribution < -0.4 is 10.6 Å². The van der Waals surface area contributed by atoms with Gasteiger partial charge in [-0.2, -0.15) is 0 Å². The van der Waals surface area contributed by atoms with Crippen LogP contribution >= 0.6 is 0 Å². The van der Waals surface area contributed by atoms with Gasteiger partial charge in [0, 0.05) is 12.6 Å². The number of hydrogen-bond acceptors (Lipinski definition) is 5. The van der Waals surface area contributed by atoms with Crippen LogP contribution in [0, 0.1) is 12.8 Å². The first kappa shape index (κ1) is 33.4. The van der Waals surface area contributed by atoms with E-state index in [0.717, 1.165) is 51.4 Å². The highest BCUT2D eigenvalue weighted by Crippen LogP contribution is 2.29. The highest BCUT2D eigenvalue weighted by atomic mass is 16.6. The van der Waals surface area contributed by atoms with E-state index in [9.17, 15) is 19.5 Å². The SMILES string of the molecule is CCCCCCN(C(=O)C(NC(=O)OC(C)(C)C)C(C)CC)C(C(=O)NC1CCCCC1)c1ccc(O)c(C)c1. The Kier molecular flexibility index (Phi) is 13.3. The largest absolute Gasteiger partial charge is 0.508 e. The molecule has 1 aromatic carbocycles. The van der Waals surface area contributed by atoms with Crippen LogP contribution in [-0.2, 0) is 14.3 Å². The van der Waals surface area contributed by atoms with Crippen LogP contribution in [0.3, 0.4) is 0 Å². The van der Waals surface area contributed by atoms with Gasteiger partial charge in [-0.25, -0.2) is 4.79 Å². The first-order valence-electron chi connectivity index (χ1n) is 15.3. The van der Waals surface area contributed by atoms with Gasteiger partial charge in [0.1, 0.15) is 23.4 Å². The summed E-state index contributed by atoms with van der Waals surface area (Å²) in [6, 6.07) is 3.42. The lowest BCUT2D eigenvalue weighted by Crippen LogP contribution is -2.56. The number of aryl methyl sites for hydroxylation is 1. The zero-order chi connectivity index (χ0) is 29.9. The van der Waals surface area contributed by atoms with Gasteiger partial charge in [-0.3, -0.25) is 9.59 Å². The first-order chi connectivity index (χ1) is 18.9. The smallest absolute Gasteiger partial charge is 0.408 e. The second-order valence-electron chi connectivity index (χ2n) is 12.4. The molecular formula is C32H53N3O5. The van der Waals surface area contributed by atoms with Gasteiger partial charge in [0.15, 0.2) is 0 Å². The van der Waals surface area contributed by atoms with Crippen molar-refractivity contribution in [1.29, 1.82) is 0 Å². The lowest BCUT2D eigenvalue weighted by Gasteiger charge is -2.37. The van der Waals surface area contributed by atoms with E-state index in [1.54, 1.807) is 50.8 Å². The molecule has 0 spiro atoms. The Hall–Kier alpha value is -2.77. The summed E-state index contributed by atoms with van der Waals surface area (Å²) in [6.07, 6.45) is 8.92. The maximum absolute atomic E-state index is 14.4. The van der Waals surface area contributed by atoms with E-state index in [1.165, 1.54) is 6.42 Å². The molecule has 1 aromatic rings. The van der Waals surface area contributed by atoms with Crippen LogP contribution in [0.15, 0.2) is 18.2 Å². The number of carbonyl (C=O) groups excluding carboxylic acids is 3. The summed E-state index contributed by atoms with van der Waals surface area (Å²) in [5.74, 6) is -0.561. The van der Waals surface area contributed by atoms with Crippen LogP contribution in [0.4, 0.5) is 4.79 Å². The number of alkyl carbamates (subject to hydrolysis) is 1. The van der Waals surface area contributed by atoms with E-state index >= 15 is 0 Å². The van der Waals surface area contributed by atoms with Gasteiger partial charge in [-0.15, -0.1) is 0 Å². The number of rotatable bonds is 13. The third-order valence-corrected chi connectivity index (χ3v) is 7.74. The molecular weight excluding hydrogens is 506 g/mol. The maximum atomic E-state index is 14.4. The van der Waals surface area contributed by atoms with Gasteiger partial charge in [-0.05, 0) is 76.1 Å². The van der Waals surface area contributed by atoms with Crippen molar-refractivity contribution >= 4 is 17.9 Å². The zero-order valence-corrected chi connectivity index (χ0v) is 25.8. The van der Waals surface area contributed by atoms with Crippen molar-refractivity contribution < 1.29 is 24.2 Å². The molecule has 2 rings (SSSR count). The minimum absolute atomic E-state index is 0.0734. The first-order valence-corrected chi connectivity index (χ1v) is 15.3. The zero-order valence-electron chi connectivity index (χ0n) is 25.8. The molecule has 8 heteroatoms. The molecule has 0 bridgehead atoms. The van der Waals surface area contributed by atoms with Crippen molar-refractivity contribution in [2.75, 3.05) is 6.54 Å². The predicted octanol–water partition coefficient (Wildman–Crippen LogP) is 6.54. The Morgan fingerprint density at radius 2 is 1.75 bits per heavy atom. The number of carbonyl (C=O) groups is 3. The molecule has 0 aromatic heterocycles. The van der Waals surface area contributed by atoms with E-state index in [2.05, 4.69) is 17.6 Å². The molecule has 1 aliphatic rings. The number of unbranched alkanes of at least 4 members (excludes halogenated alkanes) is 3. The standard InChI is InChI=1S/C32H53N3O5/c1-8-10-11-15-20-35(30(38)27(22(3)9-2)34-31(39)40-32(5,6)7)28(24-18-19-26(36)23(4)21-24)29(37)33-25-16-13-12-14-17-25/h18-19,21-22,25,27-28,36H,8-17,20H2,1-7H3,(H,33,37)(H,34,39). The molecule has 0 heterocycles. The summed E-state index contributed by atoms with van der Waals surface area (Å²) in [7, 11) is 0. The lowest BCUT2D eigenvalue weighted by atomic mass is 9.93. The van der Waals surface area contributed by atoms with Crippen LogP contribution in [0.5, 0.6) is 5.75 Å². The molecule has 1 fully saturated rings. The quantitative estimate of drug-likeness (QED) is 0.238. The molecule has 0 aliphatic heterocycles. The second-order valence-corrected chi connectivity index (χ2v) is 12.4. The van der Waals surface area contributed by atoms with Crippen molar-refractivity contribution in [3.63, 3.8) is 0 Å². The molecule has 8 nitrogen and oxygen atoms in total. The fourth-order valence-corrected chi connectivity index (χ4v) is 5.22. The number of aromatic hydroxyl groups is 1. The Bertz CT molecular complexity index is 968. The number of nitrogens with zero attached hydrogens (tertiary/aromatic N) is 1. The van der Waals surface area contributed by atoms with Crippen LogP contribution in [0.2, 0.25) is 0 Å². The maximum Gasteiger partial charge on any atom is 0.408 e.